The zero-order valence-corrected chi connectivity index (χ0v) is 21.1. The number of benzene rings is 1. The van der Waals surface area contributed by atoms with Gasteiger partial charge in [0.2, 0.25) is 16.0 Å². The molecule has 0 radical (unpaired) electrons. The van der Waals surface area contributed by atoms with Gasteiger partial charge in [0.1, 0.15) is 11.5 Å². The summed E-state index contributed by atoms with van der Waals surface area (Å²) in [5.74, 6) is 1.23. The number of anilines is 2. The molecule has 178 valence electrons. The van der Waals surface area contributed by atoms with E-state index in [9.17, 15) is 8.42 Å². The Morgan fingerprint density at radius 1 is 1.06 bits per heavy atom. The average Bonchev–Trinajstić information content (AvgIpc) is 3.17. The van der Waals surface area contributed by atoms with Crippen LogP contribution in [0.1, 0.15) is 12.2 Å². The first-order valence-electron chi connectivity index (χ1n) is 10.3. The molecule has 1 aromatic carbocycles. The first-order valence-corrected chi connectivity index (χ1v) is 12.5. The van der Waals surface area contributed by atoms with E-state index < -0.39 is 10.0 Å². The maximum Gasteiger partial charge on any atom is 0.240 e. The molecule has 0 aliphatic carbocycles. The second-order valence-electron chi connectivity index (χ2n) is 7.12. The smallest absolute Gasteiger partial charge is 0.240 e. The summed E-state index contributed by atoms with van der Waals surface area (Å²) in [6.45, 7) is 3.93. The van der Waals surface area contributed by atoms with Gasteiger partial charge in [0.15, 0.2) is 0 Å². The van der Waals surface area contributed by atoms with Crippen LogP contribution in [0.25, 0.3) is 11.4 Å². The van der Waals surface area contributed by atoms with E-state index >= 15 is 0 Å². The zero-order valence-electron chi connectivity index (χ0n) is 18.7. The van der Waals surface area contributed by atoms with Gasteiger partial charge in [-0.15, -0.1) is 0 Å². The molecule has 10 nitrogen and oxygen atoms in total. The lowest BCUT2D eigenvalue weighted by Crippen LogP contribution is -2.25. The molecule has 0 saturated carbocycles. The number of ether oxygens (including phenoxy) is 2. The lowest BCUT2D eigenvalue weighted by Gasteiger charge is -2.12. The van der Waals surface area contributed by atoms with Crippen molar-refractivity contribution < 1.29 is 17.9 Å². The highest BCUT2D eigenvalue weighted by Crippen LogP contribution is 2.28. The van der Waals surface area contributed by atoms with Crippen LogP contribution in [0, 0.1) is 6.92 Å². The minimum absolute atomic E-state index is 0.181. The normalized spacial score (nSPS) is 11.6. The molecule has 0 fully saturated rings. The van der Waals surface area contributed by atoms with Crippen LogP contribution in [0.4, 0.5) is 11.6 Å². The summed E-state index contributed by atoms with van der Waals surface area (Å²) in [4.78, 5) is 13.5. The molecule has 3 aromatic rings. The first-order chi connectivity index (χ1) is 15.9. The summed E-state index contributed by atoms with van der Waals surface area (Å²) in [6, 6.07) is 6.40. The predicted octanol–water partition coefficient (Wildman–Crippen LogP) is 3.12. The van der Waals surface area contributed by atoms with E-state index in [1.807, 2.05) is 11.5 Å². The molecular formula is C21H27BrN6O4S. The summed E-state index contributed by atoms with van der Waals surface area (Å²) in [6.07, 6.45) is 4.03. The second-order valence-corrected chi connectivity index (χ2v) is 9.74. The topological polar surface area (TPSA) is 120 Å². The second kappa shape index (κ2) is 11.7. The van der Waals surface area contributed by atoms with Gasteiger partial charge < -0.3 is 19.4 Å². The number of hydrogen-bond acceptors (Lipinski definition) is 8. The van der Waals surface area contributed by atoms with Gasteiger partial charge in [-0.1, -0.05) is 0 Å². The Hall–Kier alpha value is -2.38. The van der Waals surface area contributed by atoms with Crippen molar-refractivity contribution in [3.8, 4) is 11.4 Å². The lowest BCUT2D eigenvalue weighted by molar-refractivity contribution is 0.187. The van der Waals surface area contributed by atoms with E-state index in [2.05, 4.69) is 40.9 Å². The van der Waals surface area contributed by atoms with Crippen LogP contribution < -0.4 is 10.0 Å². The number of methoxy groups -OCH3 is 2. The number of rotatable bonds is 12. The summed E-state index contributed by atoms with van der Waals surface area (Å²) in [5.41, 5.74) is 2.18. The summed E-state index contributed by atoms with van der Waals surface area (Å²) in [5, 5.41) is 3.12. The van der Waals surface area contributed by atoms with Gasteiger partial charge in [0, 0.05) is 45.8 Å². The van der Waals surface area contributed by atoms with Crippen molar-refractivity contribution in [2.24, 2.45) is 0 Å². The van der Waals surface area contributed by atoms with Gasteiger partial charge in [0.05, 0.1) is 27.9 Å². The van der Waals surface area contributed by atoms with Crippen molar-refractivity contribution in [2.75, 3.05) is 39.3 Å². The minimum atomic E-state index is -3.58. The first kappa shape index (κ1) is 25.2. The molecule has 12 heteroatoms. The van der Waals surface area contributed by atoms with E-state index in [0.717, 1.165) is 16.0 Å². The number of nitrogens with one attached hydrogen (secondary N) is 2. The molecule has 2 heterocycles. The zero-order chi connectivity index (χ0) is 23.8. The molecule has 0 unspecified atom stereocenters. The summed E-state index contributed by atoms with van der Waals surface area (Å²) in [7, 11) is -0.346. The van der Waals surface area contributed by atoms with Crippen LogP contribution >= 0.6 is 15.9 Å². The fraction of sp³-hybridized carbons (Fsp3) is 0.381. The number of nitrogens with zero attached hydrogens (tertiary/aromatic N) is 4. The maximum atomic E-state index is 12.4. The molecule has 3 rings (SSSR count). The molecule has 0 saturated heterocycles. The number of halogens is 1. The van der Waals surface area contributed by atoms with Crippen molar-refractivity contribution in [3.63, 3.8) is 0 Å². The van der Waals surface area contributed by atoms with Crippen LogP contribution in [-0.2, 0) is 26.0 Å². The molecule has 2 aromatic heterocycles. The number of aromatic nitrogens is 4. The van der Waals surface area contributed by atoms with Crippen LogP contribution in [0.2, 0.25) is 0 Å². The fourth-order valence-electron chi connectivity index (χ4n) is 3.08. The average molecular weight is 539 g/mol. The van der Waals surface area contributed by atoms with E-state index in [-0.39, 0.29) is 4.90 Å². The highest BCUT2D eigenvalue weighted by atomic mass is 79.9. The van der Waals surface area contributed by atoms with Gasteiger partial charge in [-0.3, -0.25) is 0 Å². The Morgan fingerprint density at radius 2 is 1.79 bits per heavy atom. The molecule has 0 bridgehead atoms. The quantitative estimate of drug-likeness (QED) is 0.337. The molecule has 33 heavy (non-hydrogen) atoms. The van der Waals surface area contributed by atoms with Crippen molar-refractivity contribution in [1.29, 1.82) is 0 Å². The van der Waals surface area contributed by atoms with Crippen LogP contribution in [0.15, 0.2) is 46.0 Å². The van der Waals surface area contributed by atoms with Crippen molar-refractivity contribution in [1.82, 2.24) is 24.2 Å². The van der Waals surface area contributed by atoms with Crippen molar-refractivity contribution in [3.05, 3.63) is 47.0 Å². The number of aryl methyl sites for hydroxylation is 1. The third-order valence-electron chi connectivity index (χ3n) is 4.80. The molecule has 2 N–H and O–H groups in total. The SMILES string of the molecule is COCCCNS(=O)(=O)c1ccc(Nc2ncc(Br)c(-c3cnc(C)n3CCOC)n2)cc1. The largest absolute Gasteiger partial charge is 0.385 e. The standard InChI is InChI=1S/C21H27BrN6O4S/c1-15-23-14-19(28(15)10-12-32-3)20-18(22)13-24-21(27-20)26-16-5-7-17(8-6-16)33(29,30)25-9-4-11-31-2/h5-8,13-14,25H,4,9-12H2,1-3H3,(H,24,26,27). The Bertz CT molecular complexity index is 1170. The van der Waals surface area contributed by atoms with Crippen molar-refractivity contribution in [2.45, 2.75) is 24.8 Å². The number of sulfonamides is 1. The predicted molar refractivity (Wildman–Crippen MR) is 129 cm³/mol. The molecule has 0 amide bonds. The molecular weight excluding hydrogens is 512 g/mol. The van der Waals surface area contributed by atoms with Gasteiger partial charge >= 0.3 is 0 Å². The van der Waals surface area contributed by atoms with E-state index in [4.69, 9.17) is 9.47 Å². The molecule has 0 spiro atoms. The van der Waals surface area contributed by atoms with E-state index in [1.165, 1.54) is 12.1 Å². The van der Waals surface area contributed by atoms with Crippen molar-refractivity contribution >= 4 is 37.6 Å². The van der Waals surface area contributed by atoms with Gasteiger partial charge in [0.25, 0.3) is 0 Å². The number of imidazole rings is 1. The van der Waals surface area contributed by atoms with Crippen LogP contribution in [0.3, 0.4) is 0 Å². The van der Waals surface area contributed by atoms with Gasteiger partial charge in [-0.05, 0) is 53.5 Å². The third-order valence-corrected chi connectivity index (χ3v) is 6.86. The molecule has 0 aliphatic heterocycles. The summed E-state index contributed by atoms with van der Waals surface area (Å²) < 4.78 is 40.2. The Kier molecular flexibility index (Phi) is 8.92. The highest BCUT2D eigenvalue weighted by molar-refractivity contribution is 9.10. The van der Waals surface area contributed by atoms with E-state index in [1.54, 1.807) is 38.7 Å². The van der Waals surface area contributed by atoms with Gasteiger partial charge in [-0.25, -0.2) is 28.1 Å². The van der Waals surface area contributed by atoms with Crippen LogP contribution in [0.5, 0.6) is 0 Å². The molecule has 0 aliphatic rings. The van der Waals surface area contributed by atoms with E-state index in [0.29, 0.717) is 50.1 Å². The lowest BCUT2D eigenvalue weighted by atomic mass is 10.3. The minimum Gasteiger partial charge on any atom is -0.385 e. The Morgan fingerprint density at radius 3 is 2.48 bits per heavy atom. The third kappa shape index (κ3) is 6.58. The van der Waals surface area contributed by atoms with Gasteiger partial charge in [-0.2, -0.15) is 0 Å². The van der Waals surface area contributed by atoms with Crippen LogP contribution in [-0.4, -0.2) is 61.9 Å². The number of hydrogen-bond donors (Lipinski definition) is 2. The monoisotopic (exact) mass is 538 g/mol. The fourth-order valence-corrected chi connectivity index (χ4v) is 4.55. The Balaban J connectivity index is 1.76. The Labute approximate surface area is 201 Å². The summed E-state index contributed by atoms with van der Waals surface area (Å²) >= 11 is 3.52. The highest BCUT2D eigenvalue weighted by Gasteiger charge is 2.16. The maximum absolute atomic E-state index is 12.4. The molecule has 0 atom stereocenters.